The van der Waals surface area contributed by atoms with E-state index in [0.717, 1.165) is 31.5 Å². The monoisotopic (exact) mass is 412 g/mol. The van der Waals surface area contributed by atoms with Gasteiger partial charge in [-0.25, -0.2) is 0 Å². The SMILES string of the molecule is CC(C)(C)SCC(C(=O)OB=NP)C(=O)OC(=O)c1ccc([N+](=O)[O-])cc1. The molecule has 1 aromatic rings. The van der Waals surface area contributed by atoms with Crippen molar-refractivity contribution in [3.8, 4) is 0 Å². The van der Waals surface area contributed by atoms with Crippen LogP contribution in [0.15, 0.2) is 28.9 Å². The fourth-order valence-electron chi connectivity index (χ4n) is 1.67. The van der Waals surface area contributed by atoms with Gasteiger partial charge in [0.1, 0.15) is 0 Å². The molecule has 0 N–H and O–H groups in total. The summed E-state index contributed by atoms with van der Waals surface area (Å²) >= 11 is 1.32. The molecule has 2 atom stereocenters. The molecule has 0 heterocycles. The molecule has 0 saturated heterocycles. The van der Waals surface area contributed by atoms with E-state index in [-0.39, 0.29) is 21.8 Å². The van der Waals surface area contributed by atoms with E-state index in [0.29, 0.717) is 0 Å². The van der Waals surface area contributed by atoms with E-state index in [1.54, 1.807) is 0 Å². The summed E-state index contributed by atoms with van der Waals surface area (Å²) in [5, 5.41) is 10.6. The first-order valence-corrected chi connectivity index (χ1v) is 9.12. The van der Waals surface area contributed by atoms with Gasteiger partial charge in [0.25, 0.3) is 0 Å². The first-order chi connectivity index (χ1) is 12.5. The van der Waals surface area contributed by atoms with Crippen LogP contribution in [0.4, 0.5) is 5.69 Å². The number of thioether (sulfide) groups is 1. The van der Waals surface area contributed by atoms with Crippen LogP contribution in [0, 0.1) is 16.0 Å². The molecule has 0 amide bonds. The third kappa shape index (κ3) is 7.96. The Labute approximate surface area is 163 Å². The number of nitro benzene ring substituents is 1. The molecule has 0 aliphatic heterocycles. The number of carbonyl (C=O) groups excluding carboxylic acids is 3. The zero-order valence-corrected chi connectivity index (χ0v) is 16.9. The van der Waals surface area contributed by atoms with Crippen LogP contribution in [-0.2, 0) is 19.0 Å². The number of esters is 2. The standard InChI is InChI=1S/C15H18BN2O7PS/c1-15(2,3)27-8-11(14(21)25-16-17-26)13(20)24-12(19)9-4-6-10(7-5-9)18(22)23/h4-7,11H,8,26H2,1-3H3. The zero-order chi connectivity index (χ0) is 20.6. The molecular weight excluding hydrogens is 394 g/mol. The topological polar surface area (TPSA) is 125 Å². The molecule has 0 aliphatic carbocycles. The van der Waals surface area contributed by atoms with Crippen LogP contribution >= 0.6 is 21.2 Å². The normalized spacial score (nSPS) is 12.1. The van der Waals surface area contributed by atoms with E-state index in [9.17, 15) is 24.5 Å². The number of hydrogen-bond acceptors (Lipinski definition) is 9. The zero-order valence-electron chi connectivity index (χ0n) is 14.9. The van der Waals surface area contributed by atoms with Gasteiger partial charge >= 0.3 is 163 Å². The molecule has 0 saturated carbocycles. The minimum absolute atomic E-state index is 0.0411. The van der Waals surface area contributed by atoms with Gasteiger partial charge in [-0.3, -0.25) is 0 Å². The van der Waals surface area contributed by atoms with Gasteiger partial charge in [0.2, 0.25) is 0 Å². The summed E-state index contributed by atoms with van der Waals surface area (Å²) in [4.78, 5) is 46.5. The number of rotatable bonds is 7. The third-order valence-electron chi connectivity index (χ3n) is 2.99. The number of nitrogens with zero attached hydrogens (tertiary/aromatic N) is 2. The second-order valence-corrected chi connectivity index (χ2v) is 8.32. The van der Waals surface area contributed by atoms with Crippen LogP contribution in [0.1, 0.15) is 31.1 Å². The fraction of sp³-hybridized carbons (Fsp3) is 0.400. The molecule has 0 aliphatic rings. The number of non-ortho nitro benzene ring substituents is 1. The van der Waals surface area contributed by atoms with Crippen LogP contribution in [0.25, 0.3) is 0 Å². The van der Waals surface area contributed by atoms with Crippen molar-refractivity contribution in [3.63, 3.8) is 0 Å². The minimum atomic E-state index is -1.33. The Kier molecular flexibility index (Phi) is 8.72. The van der Waals surface area contributed by atoms with Gasteiger partial charge in [0.15, 0.2) is 0 Å². The molecular formula is C15H18BN2O7PS. The van der Waals surface area contributed by atoms with Gasteiger partial charge in [-0.15, -0.1) is 0 Å². The van der Waals surface area contributed by atoms with Crippen molar-refractivity contribution in [2.45, 2.75) is 25.5 Å². The van der Waals surface area contributed by atoms with Gasteiger partial charge in [-0.05, 0) is 0 Å². The summed E-state index contributed by atoms with van der Waals surface area (Å²) in [6.45, 7) is 5.70. The fourth-order valence-corrected chi connectivity index (χ4v) is 2.67. The molecule has 0 aromatic heterocycles. The summed E-state index contributed by atoms with van der Waals surface area (Å²) in [7, 11) is 2.82. The van der Waals surface area contributed by atoms with E-state index in [1.165, 1.54) is 11.8 Å². The molecule has 0 spiro atoms. The van der Waals surface area contributed by atoms with E-state index in [4.69, 9.17) is 9.39 Å². The summed E-state index contributed by atoms with van der Waals surface area (Å²) in [6, 6.07) is 4.53. The predicted molar refractivity (Wildman–Crippen MR) is 103 cm³/mol. The van der Waals surface area contributed by atoms with Crippen LogP contribution in [0.2, 0.25) is 0 Å². The maximum absolute atomic E-state index is 12.3. The quantitative estimate of drug-likeness (QED) is 0.167. The van der Waals surface area contributed by atoms with Gasteiger partial charge < -0.3 is 0 Å². The molecule has 27 heavy (non-hydrogen) atoms. The van der Waals surface area contributed by atoms with Crippen molar-refractivity contribution in [1.82, 2.24) is 0 Å². The summed E-state index contributed by atoms with van der Waals surface area (Å²) in [5.74, 6) is -4.29. The number of benzene rings is 1. The molecule has 2 unspecified atom stereocenters. The number of hydrogen-bond donors (Lipinski definition) is 0. The Balaban J connectivity index is 2.88. The molecule has 144 valence electrons. The van der Waals surface area contributed by atoms with Gasteiger partial charge in [-0.1, -0.05) is 0 Å². The maximum atomic E-state index is 12.3. The van der Waals surface area contributed by atoms with E-state index >= 15 is 0 Å². The molecule has 1 aromatic carbocycles. The molecule has 9 nitrogen and oxygen atoms in total. The molecule has 0 bridgehead atoms. The van der Waals surface area contributed by atoms with Gasteiger partial charge in [-0.2, -0.15) is 0 Å². The van der Waals surface area contributed by atoms with Gasteiger partial charge in [0.05, 0.1) is 0 Å². The second-order valence-electron chi connectivity index (χ2n) is 6.18. The summed E-state index contributed by atoms with van der Waals surface area (Å²) < 4.78 is 12.7. The van der Waals surface area contributed by atoms with Crippen molar-refractivity contribution in [1.29, 1.82) is 0 Å². The summed E-state index contributed by atoms with van der Waals surface area (Å²) in [5.41, 5.74) is -0.270. The number of ether oxygens (including phenoxy) is 1. The van der Waals surface area contributed by atoms with E-state index in [2.05, 4.69) is 4.67 Å². The average molecular weight is 412 g/mol. The Morgan fingerprint density at radius 2 is 1.85 bits per heavy atom. The number of carbonyl (C=O) groups is 3. The van der Waals surface area contributed by atoms with Crippen LogP contribution in [-0.4, -0.2) is 40.6 Å². The Hall–Kier alpha value is -2.13. The molecule has 0 fully saturated rings. The van der Waals surface area contributed by atoms with Crippen LogP contribution < -0.4 is 0 Å². The first-order valence-electron chi connectivity index (χ1n) is 7.62. The predicted octanol–water partition coefficient (Wildman–Crippen LogP) is 2.56. The number of nitro groups is 1. The van der Waals surface area contributed by atoms with Gasteiger partial charge in [0, 0.05) is 0 Å². The molecule has 0 radical (unpaired) electrons. The van der Waals surface area contributed by atoms with Crippen molar-refractivity contribution in [3.05, 3.63) is 39.9 Å². The van der Waals surface area contributed by atoms with Crippen LogP contribution in [0.3, 0.4) is 0 Å². The molecule has 12 heteroatoms. The van der Waals surface area contributed by atoms with E-state index < -0.39 is 28.7 Å². The van der Waals surface area contributed by atoms with Crippen molar-refractivity contribution >= 4 is 52.0 Å². The Morgan fingerprint density at radius 1 is 1.26 bits per heavy atom. The molecule has 1 rings (SSSR count). The Bertz CT molecular complexity index is 750. The first kappa shape index (κ1) is 22.9. The van der Waals surface area contributed by atoms with E-state index in [1.807, 2.05) is 30.2 Å². The Morgan fingerprint density at radius 3 is 2.33 bits per heavy atom. The second kappa shape index (κ2) is 10.3. The average Bonchev–Trinajstić information content (AvgIpc) is 2.59. The van der Waals surface area contributed by atoms with Crippen molar-refractivity contribution < 1.29 is 28.7 Å². The van der Waals surface area contributed by atoms with Crippen LogP contribution in [0.5, 0.6) is 0 Å². The summed E-state index contributed by atoms with van der Waals surface area (Å²) in [6.07, 6.45) is 0. The van der Waals surface area contributed by atoms with Crippen molar-refractivity contribution in [2.24, 2.45) is 10.6 Å². The third-order valence-corrected chi connectivity index (χ3v) is 4.48. The van der Waals surface area contributed by atoms with Crippen molar-refractivity contribution in [2.75, 3.05) is 5.75 Å².